The number of nitrogens with two attached hydrogens (primary N) is 1. The molecule has 0 amide bonds. The number of benzene rings is 1. The highest BCUT2D eigenvalue weighted by molar-refractivity contribution is 7.99. The summed E-state index contributed by atoms with van der Waals surface area (Å²) < 4.78 is 26.9. The second-order valence-electron chi connectivity index (χ2n) is 4.37. The van der Waals surface area contributed by atoms with Crippen LogP contribution in [0.5, 0.6) is 0 Å². The van der Waals surface area contributed by atoms with Crippen molar-refractivity contribution in [2.75, 3.05) is 18.5 Å². The van der Waals surface area contributed by atoms with Gasteiger partial charge in [0, 0.05) is 11.8 Å². The second-order valence-corrected chi connectivity index (χ2v) is 7.38. The molecular weight excluding hydrogens is 268 g/mol. The topological polar surface area (TPSA) is 72.2 Å². The molecule has 1 atom stereocenters. The van der Waals surface area contributed by atoms with E-state index in [0.29, 0.717) is 12.2 Å². The summed E-state index contributed by atoms with van der Waals surface area (Å²) >= 11 is 1.61. The molecule has 0 aromatic heterocycles. The molecule has 0 saturated carbocycles. The summed E-state index contributed by atoms with van der Waals surface area (Å²) in [4.78, 5) is 0.166. The Hall–Kier alpha value is -0.720. The van der Waals surface area contributed by atoms with Gasteiger partial charge in [-0.3, -0.25) is 0 Å². The van der Waals surface area contributed by atoms with Crippen molar-refractivity contribution in [3.63, 3.8) is 0 Å². The lowest BCUT2D eigenvalue weighted by Gasteiger charge is -2.13. The van der Waals surface area contributed by atoms with Crippen LogP contribution in [0.25, 0.3) is 0 Å². The van der Waals surface area contributed by atoms with Crippen molar-refractivity contribution in [3.8, 4) is 0 Å². The third-order valence-corrected chi connectivity index (χ3v) is 5.33. The van der Waals surface area contributed by atoms with Crippen molar-refractivity contribution in [2.45, 2.75) is 30.9 Å². The Balaban J connectivity index is 3.02. The first-order valence-corrected chi connectivity index (χ1v) is 8.44. The number of thioether (sulfide) groups is 1. The number of nitrogens with one attached hydrogen (secondary N) is 1. The number of nitrogen functional groups attached to an aromatic ring is 1. The van der Waals surface area contributed by atoms with E-state index in [9.17, 15) is 8.42 Å². The van der Waals surface area contributed by atoms with Crippen molar-refractivity contribution in [1.29, 1.82) is 0 Å². The van der Waals surface area contributed by atoms with Crippen molar-refractivity contribution >= 4 is 27.5 Å². The normalized spacial score (nSPS) is 13.6. The molecule has 3 N–H and O–H groups in total. The number of rotatable bonds is 5. The Morgan fingerprint density at radius 3 is 2.44 bits per heavy atom. The Bertz CT molecular complexity index is 527. The molecule has 0 fully saturated rings. The molecule has 6 heteroatoms. The Morgan fingerprint density at radius 2 is 1.89 bits per heavy atom. The first kappa shape index (κ1) is 15.3. The summed E-state index contributed by atoms with van der Waals surface area (Å²) in [5, 5.41) is 0.229. The summed E-state index contributed by atoms with van der Waals surface area (Å²) in [6.07, 6.45) is 1.95. The molecule has 102 valence electrons. The molecule has 1 rings (SSSR count). The maximum Gasteiger partial charge on any atom is 0.242 e. The van der Waals surface area contributed by atoms with Gasteiger partial charge in [0.2, 0.25) is 10.0 Å². The summed E-state index contributed by atoms with van der Waals surface area (Å²) in [5.41, 5.74) is 7.99. The average molecular weight is 288 g/mol. The largest absolute Gasteiger partial charge is 0.398 e. The Kier molecular flexibility index (Phi) is 5.07. The van der Waals surface area contributed by atoms with Crippen molar-refractivity contribution in [1.82, 2.24) is 4.72 Å². The molecule has 1 aromatic rings. The second kappa shape index (κ2) is 5.95. The quantitative estimate of drug-likeness (QED) is 0.812. The molecule has 0 aliphatic rings. The van der Waals surface area contributed by atoms with E-state index in [1.807, 2.05) is 27.0 Å². The van der Waals surface area contributed by atoms with Gasteiger partial charge >= 0.3 is 0 Å². The first-order valence-electron chi connectivity index (χ1n) is 5.67. The number of aryl methyl sites for hydroxylation is 2. The highest BCUT2D eigenvalue weighted by Gasteiger charge is 2.18. The molecule has 0 heterocycles. The summed E-state index contributed by atoms with van der Waals surface area (Å²) in [7, 11) is -3.52. The van der Waals surface area contributed by atoms with Crippen LogP contribution in [-0.2, 0) is 10.0 Å². The fourth-order valence-electron chi connectivity index (χ4n) is 1.43. The van der Waals surface area contributed by atoms with Gasteiger partial charge in [-0.25, -0.2) is 13.1 Å². The minimum Gasteiger partial charge on any atom is -0.398 e. The standard InChI is InChI=1S/C12H20N2O2S2/c1-8-5-11(13)12(6-9(8)2)18(15,16)14-7-10(3)17-4/h5-6,10,14H,7,13H2,1-4H3. The van der Waals surface area contributed by atoms with Crippen LogP contribution in [0.4, 0.5) is 5.69 Å². The Morgan fingerprint density at radius 1 is 1.33 bits per heavy atom. The van der Waals surface area contributed by atoms with Crippen LogP contribution in [0, 0.1) is 13.8 Å². The molecule has 0 aliphatic carbocycles. The predicted octanol–water partition coefficient (Wildman–Crippen LogP) is 1.92. The third-order valence-electron chi connectivity index (χ3n) is 2.88. The van der Waals surface area contributed by atoms with Crippen LogP contribution in [0.2, 0.25) is 0 Å². The van der Waals surface area contributed by atoms with E-state index in [2.05, 4.69) is 4.72 Å². The highest BCUT2D eigenvalue weighted by atomic mass is 32.2. The SMILES string of the molecule is CSC(C)CNS(=O)(=O)c1cc(C)c(C)cc1N. The summed E-state index contributed by atoms with van der Waals surface area (Å²) in [5.74, 6) is 0. The van der Waals surface area contributed by atoms with Crippen molar-refractivity contribution in [3.05, 3.63) is 23.3 Å². The third kappa shape index (κ3) is 3.63. The molecule has 18 heavy (non-hydrogen) atoms. The average Bonchev–Trinajstić information content (AvgIpc) is 2.30. The lowest BCUT2D eigenvalue weighted by atomic mass is 10.1. The minimum atomic E-state index is -3.52. The van der Waals surface area contributed by atoms with E-state index in [0.717, 1.165) is 11.1 Å². The zero-order valence-electron chi connectivity index (χ0n) is 11.1. The Labute approximate surface area is 113 Å². The molecule has 0 radical (unpaired) electrons. The van der Waals surface area contributed by atoms with E-state index in [1.54, 1.807) is 23.9 Å². The predicted molar refractivity (Wildman–Crippen MR) is 78.5 cm³/mol. The van der Waals surface area contributed by atoms with Crippen LogP contribution < -0.4 is 10.5 Å². The smallest absolute Gasteiger partial charge is 0.242 e. The van der Waals surface area contributed by atoms with Crippen molar-refractivity contribution < 1.29 is 8.42 Å². The van der Waals surface area contributed by atoms with Crippen LogP contribution in [0.15, 0.2) is 17.0 Å². The molecule has 1 unspecified atom stereocenters. The molecule has 4 nitrogen and oxygen atoms in total. The van der Waals surface area contributed by atoms with E-state index in [1.165, 1.54) is 0 Å². The molecule has 0 saturated heterocycles. The van der Waals surface area contributed by atoms with Gasteiger partial charge in [-0.1, -0.05) is 6.92 Å². The van der Waals surface area contributed by atoms with Gasteiger partial charge in [-0.2, -0.15) is 11.8 Å². The van der Waals surface area contributed by atoms with Gasteiger partial charge in [0.15, 0.2) is 0 Å². The monoisotopic (exact) mass is 288 g/mol. The van der Waals surface area contributed by atoms with E-state index < -0.39 is 10.0 Å². The fraction of sp³-hybridized carbons (Fsp3) is 0.500. The minimum absolute atomic E-state index is 0.166. The zero-order chi connectivity index (χ0) is 13.9. The van der Waals surface area contributed by atoms with E-state index in [4.69, 9.17) is 5.73 Å². The van der Waals surface area contributed by atoms with Gasteiger partial charge < -0.3 is 5.73 Å². The maximum atomic E-state index is 12.1. The van der Waals surface area contributed by atoms with Gasteiger partial charge in [0.25, 0.3) is 0 Å². The summed E-state index contributed by atoms with van der Waals surface area (Å²) in [6, 6.07) is 3.32. The fourth-order valence-corrected chi connectivity index (χ4v) is 3.11. The maximum absolute atomic E-state index is 12.1. The van der Waals surface area contributed by atoms with Gasteiger partial charge in [-0.05, 0) is 43.4 Å². The molecule has 0 aliphatic heterocycles. The van der Waals surface area contributed by atoms with Gasteiger partial charge in [-0.15, -0.1) is 0 Å². The van der Waals surface area contributed by atoms with Crippen LogP contribution in [0.3, 0.4) is 0 Å². The number of anilines is 1. The molecule has 0 bridgehead atoms. The van der Waals surface area contributed by atoms with Crippen molar-refractivity contribution in [2.24, 2.45) is 0 Å². The van der Waals surface area contributed by atoms with Crippen LogP contribution in [0.1, 0.15) is 18.1 Å². The summed E-state index contributed by atoms with van der Waals surface area (Å²) in [6.45, 7) is 6.15. The van der Waals surface area contributed by atoms with E-state index >= 15 is 0 Å². The number of hydrogen-bond donors (Lipinski definition) is 2. The van der Waals surface area contributed by atoms with Crippen LogP contribution in [-0.4, -0.2) is 26.5 Å². The first-order chi connectivity index (χ1) is 8.27. The number of hydrogen-bond acceptors (Lipinski definition) is 4. The van der Waals surface area contributed by atoms with Crippen LogP contribution >= 0.6 is 11.8 Å². The molecule has 0 spiro atoms. The van der Waals surface area contributed by atoms with Gasteiger partial charge in [0.1, 0.15) is 4.90 Å². The zero-order valence-corrected chi connectivity index (χ0v) is 12.8. The molecule has 1 aromatic carbocycles. The molecular formula is C12H20N2O2S2. The van der Waals surface area contributed by atoms with E-state index in [-0.39, 0.29) is 10.1 Å². The lowest BCUT2D eigenvalue weighted by Crippen LogP contribution is -2.30. The lowest BCUT2D eigenvalue weighted by molar-refractivity contribution is 0.582. The highest BCUT2D eigenvalue weighted by Crippen LogP contribution is 2.22. The number of sulfonamides is 1. The van der Waals surface area contributed by atoms with Gasteiger partial charge in [0.05, 0.1) is 5.69 Å².